The van der Waals surface area contributed by atoms with E-state index in [0.717, 1.165) is 13.0 Å². The molecule has 0 aromatic carbocycles. The lowest BCUT2D eigenvalue weighted by atomic mass is 9.75. The number of nitroso groups, excluding NO2 is 1. The van der Waals surface area contributed by atoms with Crippen molar-refractivity contribution in [2.45, 2.75) is 32.9 Å². The van der Waals surface area contributed by atoms with Crippen LogP contribution in [0.4, 0.5) is 0 Å². The zero-order chi connectivity index (χ0) is 14.8. The van der Waals surface area contributed by atoms with Gasteiger partial charge in [-0.1, -0.05) is 26.3 Å². The van der Waals surface area contributed by atoms with Gasteiger partial charge in [-0.2, -0.15) is 0 Å². The van der Waals surface area contributed by atoms with Gasteiger partial charge in [0, 0.05) is 39.8 Å². The Balaban J connectivity index is 1.87. The summed E-state index contributed by atoms with van der Waals surface area (Å²) in [4.78, 5) is 11.8. The molecule has 1 fully saturated rings. The molecule has 0 aliphatic carbocycles. The van der Waals surface area contributed by atoms with Gasteiger partial charge in [0.2, 0.25) is 6.54 Å². The fourth-order valence-electron chi connectivity index (χ4n) is 3.61. The van der Waals surface area contributed by atoms with Crippen LogP contribution in [0.3, 0.4) is 0 Å². The molecule has 114 valence electrons. The number of hydrogen-bond acceptors (Lipinski definition) is 4. The first-order chi connectivity index (χ1) is 10.2. The molecule has 3 heterocycles. The van der Waals surface area contributed by atoms with E-state index in [4.69, 9.17) is 0 Å². The van der Waals surface area contributed by atoms with Gasteiger partial charge in [0.25, 0.3) is 0 Å². The van der Waals surface area contributed by atoms with Crippen molar-refractivity contribution in [1.29, 1.82) is 0 Å². The second-order valence-corrected chi connectivity index (χ2v) is 6.25. The van der Waals surface area contributed by atoms with Crippen LogP contribution in [0.1, 0.15) is 26.7 Å². The third-order valence-electron chi connectivity index (χ3n) is 4.54. The molecule has 1 saturated heterocycles. The number of hydrazine groups is 1. The number of unbranched alkanes of at least 4 members (excludes halogenated alkanes) is 1. The molecule has 3 rings (SSSR count). The molecule has 3 aliphatic rings. The predicted octanol–water partition coefficient (Wildman–Crippen LogP) is 1.90. The van der Waals surface area contributed by atoms with Gasteiger partial charge in [0.1, 0.15) is 6.17 Å². The molecular formula is C16H25N4O+. The fraction of sp³-hybridized carbons (Fsp3) is 0.625. The molecule has 0 radical (unpaired) electrons. The van der Waals surface area contributed by atoms with Crippen LogP contribution in [0, 0.1) is 16.7 Å². The third kappa shape index (κ3) is 2.75. The van der Waals surface area contributed by atoms with Crippen LogP contribution >= 0.6 is 0 Å². The molecule has 3 unspecified atom stereocenters. The number of hydrogen-bond donors (Lipinski definition) is 2. The maximum atomic E-state index is 11.8. The summed E-state index contributed by atoms with van der Waals surface area (Å²) in [5.74, 6) is 0.754. The summed E-state index contributed by atoms with van der Waals surface area (Å²) in [7, 11) is 0. The summed E-state index contributed by atoms with van der Waals surface area (Å²) in [6.45, 7) is 6.47. The molecule has 3 aliphatic heterocycles. The summed E-state index contributed by atoms with van der Waals surface area (Å²) >= 11 is 0. The first-order valence-corrected chi connectivity index (χ1v) is 7.98. The standard InChI is InChI=1S/C16H25N4O/c1-3-4-8-18-20-11-13-10-19(21)9-12(2)15(13)14-6-5-7-17-16(14)20/h5-7,11-12,15-18H,3-4,8-10H2,1-2H3/q+1. The third-order valence-corrected chi connectivity index (χ3v) is 4.54. The van der Waals surface area contributed by atoms with Crippen molar-refractivity contribution in [3.8, 4) is 0 Å². The molecule has 21 heavy (non-hydrogen) atoms. The molecular weight excluding hydrogens is 264 g/mol. The quantitative estimate of drug-likeness (QED) is 0.613. The largest absolute Gasteiger partial charge is 0.367 e. The van der Waals surface area contributed by atoms with Crippen LogP contribution in [0.5, 0.6) is 0 Å². The highest BCUT2D eigenvalue weighted by atomic mass is 16.3. The summed E-state index contributed by atoms with van der Waals surface area (Å²) in [6.07, 6.45) is 10.9. The highest BCUT2D eigenvalue weighted by Gasteiger charge is 2.43. The lowest BCUT2D eigenvalue weighted by molar-refractivity contribution is -0.557. The molecule has 0 aromatic heterocycles. The van der Waals surface area contributed by atoms with E-state index in [1.807, 2.05) is 6.20 Å². The van der Waals surface area contributed by atoms with Crippen molar-refractivity contribution in [2.24, 2.45) is 11.8 Å². The van der Waals surface area contributed by atoms with Crippen LogP contribution < -0.4 is 10.7 Å². The Labute approximate surface area is 126 Å². The average molecular weight is 289 g/mol. The van der Waals surface area contributed by atoms with E-state index in [1.54, 1.807) is 0 Å². The van der Waals surface area contributed by atoms with Gasteiger partial charge in [-0.05, 0) is 24.3 Å². The van der Waals surface area contributed by atoms with E-state index in [0.29, 0.717) is 24.9 Å². The van der Waals surface area contributed by atoms with Crippen LogP contribution in [0.15, 0.2) is 35.7 Å². The van der Waals surface area contributed by atoms with Crippen LogP contribution in [-0.4, -0.2) is 35.6 Å². The molecule has 3 atom stereocenters. The normalized spacial score (nSPS) is 31.0. The average Bonchev–Trinajstić information content (AvgIpc) is 2.46. The van der Waals surface area contributed by atoms with E-state index in [-0.39, 0.29) is 6.17 Å². The maximum absolute atomic E-state index is 11.8. The van der Waals surface area contributed by atoms with Crippen molar-refractivity contribution < 1.29 is 4.76 Å². The van der Waals surface area contributed by atoms with Crippen molar-refractivity contribution >= 4 is 0 Å². The topological polar surface area (TPSA) is 47.4 Å². The minimum absolute atomic E-state index is 0.168. The monoisotopic (exact) mass is 289 g/mol. The van der Waals surface area contributed by atoms with E-state index in [9.17, 15) is 4.91 Å². The van der Waals surface area contributed by atoms with Crippen LogP contribution in [-0.2, 0) is 0 Å². The summed E-state index contributed by atoms with van der Waals surface area (Å²) < 4.78 is 1.18. The fourth-order valence-corrected chi connectivity index (χ4v) is 3.61. The summed E-state index contributed by atoms with van der Waals surface area (Å²) in [5, 5.41) is 5.58. The highest BCUT2D eigenvalue weighted by Crippen LogP contribution is 2.39. The Hall–Kier alpha value is -1.62. The Kier molecular flexibility index (Phi) is 4.10. The lowest BCUT2D eigenvalue weighted by Crippen LogP contribution is -2.56. The molecule has 0 bridgehead atoms. The summed E-state index contributed by atoms with van der Waals surface area (Å²) in [6, 6.07) is 0. The van der Waals surface area contributed by atoms with Crippen LogP contribution in [0.25, 0.3) is 0 Å². The highest BCUT2D eigenvalue weighted by molar-refractivity contribution is 5.36. The second-order valence-electron chi connectivity index (χ2n) is 6.25. The zero-order valence-corrected chi connectivity index (χ0v) is 12.9. The molecule has 2 N–H and O–H groups in total. The first kappa shape index (κ1) is 14.3. The number of rotatable bonds is 4. The molecule has 5 nitrogen and oxygen atoms in total. The molecule has 0 amide bonds. The van der Waals surface area contributed by atoms with Crippen molar-refractivity contribution in [3.05, 3.63) is 40.6 Å². The number of fused-ring (bicyclic) bond motifs is 3. The van der Waals surface area contributed by atoms with Crippen LogP contribution in [0.2, 0.25) is 0 Å². The molecule has 5 heteroatoms. The lowest BCUT2D eigenvalue weighted by Gasteiger charge is -2.44. The second kappa shape index (κ2) is 6.02. The van der Waals surface area contributed by atoms with E-state index < -0.39 is 0 Å². The van der Waals surface area contributed by atoms with E-state index in [1.165, 1.54) is 22.3 Å². The number of dihydropyridines is 1. The molecule has 0 aromatic rings. The molecule has 0 saturated carbocycles. The van der Waals surface area contributed by atoms with Gasteiger partial charge in [-0.3, -0.25) is 5.01 Å². The molecule has 0 spiro atoms. The van der Waals surface area contributed by atoms with Gasteiger partial charge in [-0.15, -0.1) is 0 Å². The van der Waals surface area contributed by atoms with Gasteiger partial charge in [0.15, 0.2) is 6.54 Å². The zero-order valence-electron chi connectivity index (χ0n) is 12.9. The smallest absolute Gasteiger partial charge is 0.215 e. The Morgan fingerprint density at radius 1 is 1.52 bits per heavy atom. The first-order valence-electron chi connectivity index (χ1n) is 7.98. The van der Waals surface area contributed by atoms with Crippen molar-refractivity contribution in [3.63, 3.8) is 0 Å². The Bertz CT molecular complexity index is 508. The van der Waals surface area contributed by atoms with Crippen molar-refractivity contribution in [2.75, 3.05) is 19.6 Å². The predicted molar refractivity (Wildman–Crippen MR) is 83.0 cm³/mol. The SMILES string of the molecule is CCCCNN1C=C2C[N+](=O)CC(C)C2C2=CC=CNC21. The number of piperidine rings is 1. The van der Waals surface area contributed by atoms with Gasteiger partial charge in [0.05, 0.1) is 0 Å². The van der Waals surface area contributed by atoms with E-state index >= 15 is 0 Å². The minimum atomic E-state index is 0.168. The number of nitrogens with one attached hydrogen (secondary N) is 2. The maximum Gasteiger partial charge on any atom is 0.215 e. The minimum Gasteiger partial charge on any atom is -0.367 e. The Morgan fingerprint density at radius 3 is 3.19 bits per heavy atom. The number of allylic oxidation sites excluding steroid dienone is 2. The van der Waals surface area contributed by atoms with Crippen molar-refractivity contribution in [1.82, 2.24) is 15.8 Å². The van der Waals surface area contributed by atoms with Gasteiger partial charge >= 0.3 is 0 Å². The van der Waals surface area contributed by atoms with Gasteiger partial charge < -0.3 is 5.32 Å². The summed E-state index contributed by atoms with van der Waals surface area (Å²) in [5.41, 5.74) is 6.09. The van der Waals surface area contributed by atoms with E-state index in [2.05, 4.69) is 48.0 Å². The Morgan fingerprint density at radius 2 is 2.38 bits per heavy atom. The van der Waals surface area contributed by atoms with Gasteiger partial charge in [-0.25, -0.2) is 5.43 Å². The number of nitrogens with zero attached hydrogens (tertiary/aromatic N) is 2.